The highest BCUT2D eigenvalue weighted by Gasteiger charge is 2.09. The van der Waals surface area contributed by atoms with Crippen molar-refractivity contribution in [2.24, 2.45) is 0 Å². The second-order valence-electron chi connectivity index (χ2n) is 5.08. The summed E-state index contributed by atoms with van der Waals surface area (Å²) in [6, 6.07) is 1.12. The standard InChI is InChI=1S/C16H24O5/c1-2-3-4-5-6-7-8-9-16(19)21-15-12-20-13(11-17)10-14(15)18/h10,12,17H,2-9,11H2,1H3. The van der Waals surface area contributed by atoms with Crippen molar-refractivity contribution in [1.82, 2.24) is 0 Å². The second-order valence-corrected chi connectivity index (χ2v) is 5.08. The average Bonchev–Trinajstić information content (AvgIpc) is 2.48. The van der Waals surface area contributed by atoms with Crippen molar-refractivity contribution in [1.29, 1.82) is 0 Å². The molecule has 0 fully saturated rings. The van der Waals surface area contributed by atoms with Crippen molar-refractivity contribution in [2.45, 2.75) is 64.9 Å². The molecule has 118 valence electrons. The largest absolute Gasteiger partial charge is 0.463 e. The molecule has 5 heteroatoms. The lowest BCUT2D eigenvalue weighted by Gasteiger charge is -2.04. The third-order valence-electron chi connectivity index (χ3n) is 3.22. The first-order chi connectivity index (χ1) is 10.2. The number of esters is 1. The molecule has 0 spiro atoms. The molecule has 0 amide bonds. The number of aliphatic hydroxyl groups excluding tert-OH is 1. The maximum atomic E-state index is 11.6. The van der Waals surface area contributed by atoms with E-state index in [2.05, 4.69) is 6.92 Å². The summed E-state index contributed by atoms with van der Waals surface area (Å²) in [6.07, 6.45) is 9.20. The molecule has 0 aliphatic carbocycles. The molecule has 1 aromatic heterocycles. The fourth-order valence-corrected chi connectivity index (χ4v) is 2.00. The van der Waals surface area contributed by atoms with Gasteiger partial charge in [0.1, 0.15) is 18.6 Å². The predicted octanol–water partition coefficient (Wildman–Crippen LogP) is 3.18. The van der Waals surface area contributed by atoms with Crippen LogP contribution in [0.2, 0.25) is 0 Å². The molecular formula is C16H24O5. The number of carbonyl (C=O) groups excluding carboxylic acids is 1. The molecule has 0 aliphatic heterocycles. The summed E-state index contributed by atoms with van der Waals surface area (Å²) in [6.45, 7) is 1.82. The number of carbonyl (C=O) groups is 1. The number of rotatable bonds is 10. The zero-order chi connectivity index (χ0) is 15.5. The predicted molar refractivity (Wildman–Crippen MR) is 79.1 cm³/mol. The fourth-order valence-electron chi connectivity index (χ4n) is 2.00. The number of aliphatic hydroxyl groups is 1. The van der Waals surface area contributed by atoms with E-state index in [9.17, 15) is 9.59 Å². The van der Waals surface area contributed by atoms with Crippen LogP contribution in [0.1, 0.15) is 64.1 Å². The van der Waals surface area contributed by atoms with Crippen molar-refractivity contribution >= 4 is 5.97 Å². The molecule has 1 heterocycles. The molecule has 1 rings (SSSR count). The third kappa shape index (κ3) is 7.09. The lowest BCUT2D eigenvalue weighted by Crippen LogP contribution is -2.14. The quantitative estimate of drug-likeness (QED) is 0.530. The van der Waals surface area contributed by atoms with E-state index in [1.54, 1.807) is 0 Å². The van der Waals surface area contributed by atoms with Crippen LogP contribution in [0.5, 0.6) is 5.75 Å². The van der Waals surface area contributed by atoms with E-state index in [4.69, 9.17) is 14.3 Å². The van der Waals surface area contributed by atoms with Crippen LogP contribution in [0.15, 0.2) is 21.5 Å². The number of hydrogen-bond donors (Lipinski definition) is 1. The Morgan fingerprint density at radius 2 is 1.86 bits per heavy atom. The summed E-state index contributed by atoms with van der Waals surface area (Å²) in [5.41, 5.74) is -0.460. The van der Waals surface area contributed by atoms with E-state index >= 15 is 0 Å². The Kier molecular flexibility index (Phi) is 8.43. The highest BCUT2D eigenvalue weighted by atomic mass is 16.5. The van der Waals surface area contributed by atoms with Crippen LogP contribution >= 0.6 is 0 Å². The van der Waals surface area contributed by atoms with Gasteiger partial charge in [0.2, 0.25) is 11.2 Å². The minimum Gasteiger partial charge on any atom is -0.463 e. The smallest absolute Gasteiger partial charge is 0.311 e. The van der Waals surface area contributed by atoms with Crippen molar-refractivity contribution in [2.75, 3.05) is 0 Å². The second kappa shape index (κ2) is 10.2. The van der Waals surface area contributed by atoms with Crippen LogP contribution in [-0.2, 0) is 11.4 Å². The van der Waals surface area contributed by atoms with Gasteiger partial charge in [-0.25, -0.2) is 0 Å². The molecule has 0 aliphatic rings. The summed E-state index contributed by atoms with van der Waals surface area (Å²) in [4.78, 5) is 23.2. The van der Waals surface area contributed by atoms with E-state index < -0.39 is 11.4 Å². The topological polar surface area (TPSA) is 76.7 Å². The zero-order valence-corrected chi connectivity index (χ0v) is 12.6. The van der Waals surface area contributed by atoms with Gasteiger partial charge in [-0.1, -0.05) is 45.4 Å². The van der Waals surface area contributed by atoms with Gasteiger partial charge in [-0.3, -0.25) is 9.59 Å². The molecule has 1 aromatic rings. The van der Waals surface area contributed by atoms with Gasteiger partial charge < -0.3 is 14.3 Å². The lowest BCUT2D eigenvalue weighted by atomic mass is 10.1. The average molecular weight is 296 g/mol. The number of hydrogen-bond acceptors (Lipinski definition) is 5. The Balaban J connectivity index is 2.23. The minimum absolute atomic E-state index is 0.125. The first kappa shape index (κ1) is 17.4. The maximum Gasteiger partial charge on any atom is 0.311 e. The van der Waals surface area contributed by atoms with Crippen LogP contribution in [0.25, 0.3) is 0 Å². The molecule has 1 N–H and O–H groups in total. The summed E-state index contributed by atoms with van der Waals surface area (Å²) in [5, 5.41) is 8.82. The Hall–Kier alpha value is -1.62. The maximum absolute atomic E-state index is 11.6. The number of unbranched alkanes of at least 4 members (excludes halogenated alkanes) is 6. The van der Waals surface area contributed by atoms with Gasteiger partial charge in [0.05, 0.1) is 0 Å². The van der Waals surface area contributed by atoms with Gasteiger partial charge in [0, 0.05) is 12.5 Å². The van der Waals surface area contributed by atoms with Crippen LogP contribution in [-0.4, -0.2) is 11.1 Å². The molecule has 0 saturated carbocycles. The van der Waals surface area contributed by atoms with E-state index in [-0.39, 0.29) is 18.1 Å². The van der Waals surface area contributed by atoms with Crippen molar-refractivity contribution in [3.8, 4) is 5.75 Å². The van der Waals surface area contributed by atoms with Crippen LogP contribution in [0.4, 0.5) is 0 Å². The van der Waals surface area contributed by atoms with Crippen molar-refractivity contribution < 1.29 is 19.1 Å². The molecule has 0 radical (unpaired) electrons. The normalized spacial score (nSPS) is 10.6. The van der Waals surface area contributed by atoms with Crippen LogP contribution in [0, 0.1) is 0 Å². The lowest BCUT2D eigenvalue weighted by molar-refractivity contribution is -0.134. The van der Waals surface area contributed by atoms with Gasteiger partial charge in [-0.15, -0.1) is 0 Å². The summed E-state index contributed by atoms with van der Waals surface area (Å²) in [5.74, 6) is -0.403. The van der Waals surface area contributed by atoms with Gasteiger partial charge in [0.15, 0.2) is 0 Å². The monoisotopic (exact) mass is 296 g/mol. The minimum atomic E-state index is -0.460. The first-order valence-electron chi connectivity index (χ1n) is 7.60. The van der Waals surface area contributed by atoms with Crippen LogP contribution < -0.4 is 10.2 Å². The summed E-state index contributed by atoms with van der Waals surface area (Å²) in [7, 11) is 0. The fraction of sp³-hybridized carbons (Fsp3) is 0.625. The molecule has 21 heavy (non-hydrogen) atoms. The molecule has 0 saturated heterocycles. The van der Waals surface area contributed by atoms with Gasteiger partial charge >= 0.3 is 5.97 Å². The zero-order valence-electron chi connectivity index (χ0n) is 12.6. The molecule has 0 aromatic carbocycles. The summed E-state index contributed by atoms with van der Waals surface area (Å²) < 4.78 is 9.91. The van der Waals surface area contributed by atoms with E-state index in [1.165, 1.54) is 25.7 Å². The van der Waals surface area contributed by atoms with Gasteiger partial charge in [-0.05, 0) is 6.42 Å². The molecule has 0 bridgehead atoms. The highest BCUT2D eigenvalue weighted by Crippen LogP contribution is 2.11. The van der Waals surface area contributed by atoms with Crippen LogP contribution in [0.3, 0.4) is 0 Å². The van der Waals surface area contributed by atoms with Crippen molar-refractivity contribution in [3.05, 3.63) is 28.3 Å². The number of ether oxygens (including phenoxy) is 1. The third-order valence-corrected chi connectivity index (χ3v) is 3.22. The Morgan fingerprint density at radius 3 is 2.48 bits per heavy atom. The first-order valence-corrected chi connectivity index (χ1v) is 7.60. The highest BCUT2D eigenvalue weighted by molar-refractivity contribution is 5.72. The van der Waals surface area contributed by atoms with Gasteiger partial charge in [0.25, 0.3) is 0 Å². The summed E-state index contributed by atoms with van der Waals surface area (Å²) >= 11 is 0. The van der Waals surface area contributed by atoms with Gasteiger partial charge in [-0.2, -0.15) is 0 Å². The Morgan fingerprint density at radius 1 is 1.19 bits per heavy atom. The Bertz CT molecular complexity index is 478. The molecule has 0 atom stereocenters. The SMILES string of the molecule is CCCCCCCCCC(=O)Oc1coc(CO)cc1=O. The molecule has 0 unspecified atom stereocenters. The van der Waals surface area contributed by atoms with E-state index in [0.29, 0.717) is 6.42 Å². The molecule has 5 nitrogen and oxygen atoms in total. The van der Waals surface area contributed by atoms with Crippen molar-refractivity contribution in [3.63, 3.8) is 0 Å². The Labute approximate surface area is 124 Å². The molecular weight excluding hydrogens is 272 g/mol. The van der Waals surface area contributed by atoms with E-state index in [0.717, 1.165) is 31.6 Å². The van der Waals surface area contributed by atoms with E-state index in [1.807, 2.05) is 0 Å².